The number of allylic oxidation sites excluding steroid dienone is 1. The number of hydrogen-bond acceptors (Lipinski definition) is 5. The highest BCUT2D eigenvalue weighted by Gasteiger charge is 2.11. The zero-order valence-corrected chi connectivity index (χ0v) is 15.1. The van der Waals surface area contributed by atoms with Gasteiger partial charge in [0.25, 0.3) is 0 Å². The molecule has 0 spiro atoms. The lowest BCUT2D eigenvalue weighted by Gasteiger charge is -2.09. The molecule has 0 saturated heterocycles. The van der Waals surface area contributed by atoms with Crippen molar-refractivity contribution in [3.8, 4) is 17.2 Å². The van der Waals surface area contributed by atoms with E-state index >= 15 is 0 Å². The monoisotopic (exact) mass is 378 g/mol. The Labute approximate surface area is 161 Å². The molecule has 0 bridgehead atoms. The van der Waals surface area contributed by atoms with Crippen molar-refractivity contribution in [2.24, 2.45) is 0 Å². The highest BCUT2D eigenvalue weighted by Crippen LogP contribution is 2.28. The second kappa shape index (κ2) is 8.68. The lowest BCUT2D eigenvalue weighted by molar-refractivity contribution is -0.139. The molecule has 2 aromatic carbocycles. The minimum atomic E-state index is -1.10. The van der Waals surface area contributed by atoms with Crippen molar-refractivity contribution in [3.63, 3.8) is 0 Å². The molecule has 0 fully saturated rings. The Bertz CT molecular complexity index is 1010. The average Bonchev–Trinajstić information content (AvgIpc) is 3.20. The van der Waals surface area contributed by atoms with Crippen LogP contribution in [0.1, 0.15) is 15.9 Å². The third-order valence-corrected chi connectivity index (χ3v) is 3.85. The molecule has 0 radical (unpaired) electrons. The number of rotatable bonds is 8. The summed E-state index contributed by atoms with van der Waals surface area (Å²) in [4.78, 5) is 23.1. The van der Waals surface area contributed by atoms with Crippen LogP contribution in [0.2, 0.25) is 0 Å². The molecule has 142 valence electrons. The Morgan fingerprint density at radius 3 is 2.64 bits per heavy atom. The number of carbonyl (C=O) groups excluding carboxylic acids is 1. The third kappa shape index (κ3) is 4.64. The molecule has 0 amide bonds. The summed E-state index contributed by atoms with van der Waals surface area (Å²) >= 11 is 0. The summed E-state index contributed by atoms with van der Waals surface area (Å²) in [5.41, 5.74) is 2.10. The molecular weight excluding hydrogens is 360 g/mol. The number of methoxy groups -OCH3 is 1. The van der Waals surface area contributed by atoms with E-state index in [4.69, 9.17) is 14.6 Å². The van der Waals surface area contributed by atoms with Gasteiger partial charge in [-0.05, 0) is 42.5 Å². The maximum absolute atomic E-state index is 12.4. The summed E-state index contributed by atoms with van der Waals surface area (Å²) in [5, 5.41) is 13.0. The molecule has 3 aromatic rings. The molecule has 0 aliphatic heterocycles. The van der Waals surface area contributed by atoms with Crippen LogP contribution in [0.5, 0.6) is 11.5 Å². The highest BCUT2D eigenvalue weighted by atomic mass is 16.5. The number of carboxylic acid groups (broad SMARTS) is 1. The number of aromatic nitrogens is 2. The van der Waals surface area contributed by atoms with Crippen LogP contribution in [-0.4, -0.2) is 40.4 Å². The van der Waals surface area contributed by atoms with Gasteiger partial charge in [0.1, 0.15) is 0 Å². The Hall–Kier alpha value is -3.87. The standard InChI is InChI=1S/C21H18N2O5/c1-27-20-11-16(8-10-19(20)28-14-21(25)26)18(24)9-7-15-12-22-23(13-15)17-5-3-2-4-6-17/h2-13H,14H2,1H3,(H,25,26)/b9-7+. The van der Waals surface area contributed by atoms with Gasteiger partial charge in [-0.15, -0.1) is 0 Å². The molecule has 1 N–H and O–H groups in total. The number of nitrogens with zero attached hydrogens (tertiary/aromatic N) is 2. The zero-order chi connectivity index (χ0) is 19.9. The van der Waals surface area contributed by atoms with Crippen LogP contribution in [0.3, 0.4) is 0 Å². The Morgan fingerprint density at radius 1 is 1.14 bits per heavy atom. The van der Waals surface area contributed by atoms with Crippen molar-refractivity contribution in [3.05, 3.63) is 78.1 Å². The van der Waals surface area contributed by atoms with Crippen molar-refractivity contribution >= 4 is 17.8 Å². The van der Waals surface area contributed by atoms with Crippen molar-refractivity contribution in [1.29, 1.82) is 0 Å². The van der Waals surface area contributed by atoms with Crippen molar-refractivity contribution in [2.45, 2.75) is 0 Å². The minimum absolute atomic E-state index is 0.226. The molecule has 0 unspecified atom stereocenters. The number of ketones is 1. The van der Waals surface area contributed by atoms with Crippen molar-refractivity contribution in [2.75, 3.05) is 13.7 Å². The number of ether oxygens (including phenoxy) is 2. The molecule has 28 heavy (non-hydrogen) atoms. The molecule has 0 saturated carbocycles. The highest BCUT2D eigenvalue weighted by molar-refractivity contribution is 6.07. The molecule has 0 aliphatic rings. The van der Waals surface area contributed by atoms with Gasteiger partial charge in [0, 0.05) is 17.3 Å². The maximum Gasteiger partial charge on any atom is 0.341 e. The van der Waals surface area contributed by atoms with E-state index in [9.17, 15) is 9.59 Å². The van der Waals surface area contributed by atoms with E-state index < -0.39 is 12.6 Å². The van der Waals surface area contributed by atoms with E-state index in [2.05, 4.69) is 5.10 Å². The van der Waals surface area contributed by atoms with Crippen LogP contribution in [-0.2, 0) is 4.79 Å². The van der Waals surface area contributed by atoms with Crippen molar-refractivity contribution < 1.29 is 24.2 Å². The van der Waals surface area contributed by atoms with E-state index in [0.29, 0.717) is 5.56 Å². The van der Waals surface area contributed by atoms with Crippen LogP contribution in [0.4, 0.5) is 0 Å². The molecule has 0 atom stereocenters. The zero-order valence-electron chi connectivity index (χ0n) is 15.1. The average molecular weight is 378 g/mol. The second-order valence-corrected chi connectivity index (χ2v) is 5.80. The number of hydrogen-bond donors (Lipinski definition) is 1. The molecule has 1 aromatic heterocycles. The SMILES string of the molecule is COc1cc(C(=O)/C=C/c2cnn(-c3ccccc3)c2)ccc1OCC(=O)O. The van der Waals surface area contributed by atoms with Crippen LogP contribution < -0.4 is 9.47 Å². The van der Waals surface area contributed by atoms with E-state index in [-0.39, 0.29) is 17.3 Å². The fourth-order valence-electron chi connectivity index (χ4n) is 2.49. The first-order chi connectivity index (χ1) is 13.6. The summed E-state index contributed by atoms with van der Waals surface area (Å²) in [7, 11) is 1.42. The summed E-state index contributed by atoms with van der Waals surface area (Å²) in [6.07, 6.45) is 6.61. The van der Waals surface area contributed by atoms with Gasteiger partial charge in [-0.3, -0.25) is 4.79 Å². The maximum atomic E-state index is 12.4. The van der Waals surface area contributed by atoms with E-state index in [0.717, 1.165) is 11.3 Å². The topological polar surface area (TPSA) is 90.6 Å². The van der Waals surface area contributed by atoms with E-state index in [1.807, 2.05) is 36.5 Å². The summed E-state index contributed by atoms with van der Waals surface area (Å²) in [6, 6.07) is 14.2. The fourth-order valence-corrected chi connectivity index (χ4v) is 2.49. The largest absolute Gasteiger partial charge is 0.493 e. The molecule has 7 nitrogen and oxygen atoms in total. The van der Waals surface area contributed by atoms with Gasteiger partial charge in [-0.2, -0.15) is 5.10 Å². The Balaban J connectivity index is 1.72. The quantitative estimate of drug-likeness (QED) is 0.478. The molecule has 1 heterocycles. The van der Waals surface area contributed by atoms with Gasteiger partial charge < -0.3 is 14.6 Å². The minimum Gasteiger partial charge on any atom is -0.493 e. The lowest BCUT2D eigenvalue weighted by Crippen LogP contribution is -2.10. The van der Waals surface area contributed by atoms with Crippen molar-refractivity contribution in [1.82, 2.24) is 9.78 Å². The van der Waals surface area contributed by atoms with E-state index in [1.54, 1.807) is 23.0 Å². The normalized spacial score (nSPS) is 10.8. The van der Waals surface area contributed by atoms with Crippen LogP contribution in [0.15, 0.2) is 67.0 Å². The van der Waals surface area contributed by atoms with Gasteiger partial charge >= 0.3 is 5.97 Å². The van der Waals surface area contributed by atoms with Crippen LogP contribution in [0, 0.1) is 0 Å². The number of carboxylic acids is 1. The summed E-state index contributed by atoms with van der Waals surface area (Å²) in [6.45, 7) is -0.491. The molecule has 3 rings (SSSR count). The molecule has 7 heteroatoms. The number of benzene rings is 2. The fraction of sp³-hybridized carbons (Fsp3) is 0.0952. The summed E-state index contributed by atoms with van der Waals surface area (Å²) in [5.74, 6) is -0.774. The van der Waals surface area contributed by atoms with E-state index in [1.165, 1.54) is 25.3 Å². The van der Waals surface area contributed by atoms with Gasteiger partial charge in [0.15, 0.2) is 23.9 Å². The predicted molar refractivity (Wildman–Crippen MR) is 103 cm³/mol. The molecule has 0 aliphatic carbocycles. The lowest BCUT2D eigenvalue weighted by atomic mass is 10.1. The first-order valence-electron chi connectivity index (χ1n) is 8.42. The van der Waals surface area contributed by atoms with Gasteiger partial charge in [-0.1, -0.05) is 18.2 Å². The molecular formula is C21H18N2O5. The van der Waals surface area contributed by atoms with Gasteiger partial charge in [0.05, 0.1) is 19.0 Å². The van der Waals surface area contributed by atoms with Gasteiger partial charge in [0.2, 0.25) is 0 Å². The smallest absolute Gasteiger partial charge is 0.341 e. The number of aliphatic carboxylic acids is 1. The second-order valence-electron chi connectivity index (χ2n) is 5.80. The third-order valence-electron chi connectivity index (χ3n) is 3.85. The summed E-state index contributed by atoms with van der Waals surface area (Å²) < 4.78 is 12.0. The van der Waals surface area contributed by atoms with Crippen LogP contribution in [0.25, 0.3) is 11.8 Å². The van der Waals surface area contributed by atoms with Crippen LogP contribution >= 0.6 is 0 Å². The predicted octanol–water partition coefficient (Wildman–Crippen LogP) is 3.24. The Kier molecular flexibility index (Phi) is 5.86. The first kappa shape index (κ1) is 18.9. The number of para-hydroxylation sites is 1. The first-order valence-corrected chi connectivity index (χ1v) is 8.42. The Morgan fingerprint density at radius 2 is 1.93 bits per heavy atom. The van der Waals surface area contributed by atoms with Gasteiger partial charge in [-0.25, -0.2) is 9.48 Å². The number of carbonyl (C=O) groups is 2.